The zero-order valence-electron chi connectivity index (χ0n) is 14.3. The SMILES string of the molecule is CSc1cccc(N2CC(C(C)(C)C)NCC2C(C)C)c1. The Hall–Kier alpha value is -0.670. The van der Waals surface area contributed by atoms with E-state index in [1.807, 2.05) is 11.8 Å². The van der Waals surface area contributed by atoms with Crippen molar-refractivity contribution in [3.05, 3.63) is 24.3 Å². The summed E-state index contributed by atoms with van der Waals surface area (Å²) in [5.41, 5.74) is 1.66. The molecule has 0 saturated carbocycles. The van der Waals surface area contributed by atoms with Crippen LogP contribution in [0.25, 0.3) is 0 Å². The third-order valence-electron chi connectivity index (χ3n) is 4.55. The van der Waals surface area contributed by atoms with Crippen molar-refractivity contribution in [2.75, 3.05) is 24.2 Å². The summed E-state index contributed by atoms with van der Waals surface area (Å²) in [5, 5.41) is 3.77. The van der Waals surface area contributed by atoms with E-state index in [9.17, 15) is 0 Å². The number of anilines is 1. The Labute approximate surface area is 134 Å². The zero-order chi connectivity index (χ0) is 15.6. The van der Waals surface area contributed by atoms with Crippen LogP contribution in [-0.4, -0.2) is 31.4 Å². The Bertz CT molecular complexity index is 465. The number of benzene rings is 1. The number of nitrogens with one attached hydrogen (secondary N) is 1. The Morgan fingerprint density at radius 2 is 2.00 bits per heavy atom. The van der Waals surface area contributed by atoms with Gasteiger partial charge in [0.05, 0.1) is 0 Å². The van der Waals surface area contributed by atoms with Gasteiger partial charge in [-0.1, -0.05) is 40.7 Å². The highest BCUT2D eigenvalue weighted by Gasteiger charge is 2.35. The Kier molecular flexibility index (Phi) is 5.26. The fourth-order valence-corrected chi connectivity index (χ4v) is 3.48. The molecule has 1 N–H and O–H groups in total. The van der Waals surface area contributed by atoms with E-state index in [1.165, 1.54) is 10.6 Å². The first-order chi connectivity index (χ1) is 9.82. The molecule has 0 radical (unpaired) electrons. The maximum Gasteiger partial charge on any atom is 0.0438 e. The van der Waals surface area contributed by atoms with Crippen molar-refractivity contribution in [1.82, 2.24) is 5.32 Å². The van der Waals surface area contributed by atoms with Crippen molar-refractivity contribution in [2.45, 2.75) is 51.6 Å². The smallest absolute Gasteiger partial charge is 0.0438 e. The first-order valence-corrected chi connectivity index (χ1v) is 9.19. The summed E-state index contributed by atoms with van der Waals surface area (Å²) in [6.07, 6.45) is 2.15. The molecule has 0 aromatic heterocycles. The van der Waals surface area contributed by atoms with Crippen molar-refractivity contribution in [3.63, 3.8) is 0 Å². The topological polar surface area (TPSA) is 15.3 Å². The van der Waals surface area contributed by atoms with Crippen LogP contribution >= 0.6 is 11.8 Å². The number of rotatable bonds is 3. The molecule has 0 aliphatic carbocycles. The van der Waals surface area contributed by atoms with Crippen molar-refractivity contribution in [2.24, 2.45) is 11.3 Å². The number of nitrogens with zero attached hydrogens (tertiary/aromatic N) is 1. The van der Waals surface area contributed by atoms with Crippen molar-refractivity contribution < 1.29 is 0 Å². The summed E-state index contributed by atoms with van der Waals surface area (Å²) in [5.74, 6) is 0.649. The van der Waals surface area contributed by atoms with Gasteiger partial charge in [-0.15, -0.1) is 11.8 Å². The van der Waals surface area contributed by atoms with E-state index in [1.54, 1.807) is 0 Å². The minimum Gasteiger partial charge on any atom is -0.365 e. The van der Waals surface area contributed by atoms with Crippen molar-refractivity contribution >= 4 is 17.4 Å². The Balaban J connectivity index is 2.29. The average molecular weight is 307 g/mol. The molecule has 0 bridgehead atoms. The molecule has 1 fully saturated rings. The lowest BCUT2D eigenvalue weighted by Crippen LogP contribution is -2.62. The van der Waals surface area contributed by atoms with E-state index in [0.717, 1.165) is 13.1 Å². The molecule has 1 aliphatic heterocycles. The standard InChI is InChI=1S/C18H30N2S/c1-13(2)16-11-19-17(18(3,4)5)12-20(16)14-8-7-9-15(10-14)21-6/h7-10,13,16-17,19H,11-12H2,1-6H3. The molecule has 1 aromatic rings. The fourth-order valence-electron chi connectivity index (χ4n) is 3.03. The van der Waals surface area contributed by atoms with Crippen LogP contribution in [0.4, 0.5) is 5.69 Å². The van der Waals surface area contributed by atoms with Crippen LogP contribution < -0.4 is 10.2 Å². The predicted octanol–water partition coefficient (Wildman–Crippen LogP) is 4.26. The van der Waals surface area contributed by atoms with Crippen LogP contribution in [0.2, 0.25) is 0 Å². The lowest BCUT2D eigenvalue weighted by atomic mass is 9.83. The second kappa shape index (κ2) is 6.62. The van der Waals surface area contributed by atoms with Gasteiger partial charge in [0.2, 0.25) is 0 Å². The van der Waals surface area contributed by atoms with Gasteiger partial charge in [-0.2, -0.15) is 0 Å². The van der Waals surface area contributed by atoms with Gasteiger partial charge in [0.1, 0.15) is 0 Å². The fraction of sp³-hybridized carbons (Fsp3) is 0.667. The molecular weight excluding hydrogens is 276 g/mol. The number of piperazine rings is 1. The summed E-state index contributed by atoms with van der Waals surface area (Å²) >= 11 is 1.82. The van der Waals surface area contributed by atoms with Crippen molar-refractivity contribution in [1.29, 1.82) is 0 Å². The molecule has 0 spiro atoms. The molecule has 2 nitrogen and oxygen atoms in total. The van der Waals surface area contributed by atoms with Gasteiger partial charge in [0, 0.05) is 35.8 Å². The molecule has 118 valence electrons. The summed E-state index contributed by atoms with van der Waals surface area (Å²) < 4.78 is 0. The van der Waals surface area contributed by atoms with E-state index in [-0.39, 0.29) is 5.41 Å². The lowest BCUT2D eigenvalue weighted by molar-refractivity contribution is 0.221. The highest BCUT2D eigenvalue weighted by molar-refractivity contribution is 7.98. The zero-order valence-corrected chi connectivity index (χ0v) is 15.1. The second-order valence-electron chi connectivity index (χ2n) is 7.49. The minimum absolute atomic E-state index is 0.289. The number of thioether (sulfide) groups is 1. The highest BCUT2D eigenvalue weighted by atomic mass is 32.2. The van der Waals surface area contributed by atoms with E-state index in [2.05, 4.69) is 75.4 Å². The van der Waals surface area contributed by atoms with Gasteiger partial charge in [0.15, 0.2) is 0 Å². The largest absolute Gasteiger partial charge is 0.365 e. The quantitative estimate of drug-likeness (QED) is 0.840. The summed E-state index contributed by atoms with van der Waals surface area (Å²) in [4.78, 5) is 3.97. The first kappa shape index (κ1) is 16.7. The average Bonchev–Trinajstić information content (AvgIpc) is 2.45. The third kappa shape index (κ3) is 3.95. The van der Waals surface area contributed by atoms with E-state index in [0.29, 0.717) is 18.0 Å². The normalized spacial score (nSPS) is 23.7. The predicted molar refractivity (Wildman–Crippen MR) is 95.4 cm³/mol. The van der Waals surface area contributed by atoms with E-state index in [4.69, 9.17) is 0 Å². The first-order valence-electron chi connectivity index (χ1n) is 7.97. The molecule has 2 rings (SSSR count). The summed E-state index contributed by atoms with van der Waals surface area (Å²) in [7, 11) is 0. The molecule has 2 unspecified atom stereocenters. The number of hydrogen-bond donors (Lipinski definition) is 1. The maximum atomic E-state index is 3.77. The van der Waals surface area contributed by atoms with Gasteiger partial charge in [-0.05, 0) is 35.8 Å². The van der Waals surface area contributed by atoms with Crippen LogP contribution in [0.5, 0.6) is 0 Å². The molecule has 1 aromatic carbocycles. The molecule has 1 aliphatic rings. The van der Waals surface area contributed by atoms with Crippen molar-refractivity contribution in [3.8, 4) is 0 Å². The Morgan fingerprint density at radius 3 is 2.57 bits per heavy atom. The van der Waals surface area contributed by atoms with Gasteiger partial charge in [0.25, 0.3) is 0 Å². The van der Waals surface area contributed by atoms with Crippen LogP contribution in [0.15, 0.2) is 29.2 Å². The summed E-state index contributed by atoms with van der Waals surface area (Å²) in [6.45, 7) is 13.8. The highest BCUT2D eigenvalue weighted by Crippen LogP contribution is 2.31. The van der Waals surface area contributed by atoms with Crippen LogP contribution in [0.3, 0.4) is 0 Å². The maximum absolute atomic E-state index is 3.77. The number of hydrogen-bond acceptors (Lipinski definition) is 3. The molecular formula is C18H30N2S. The molecule has 2 atom stereocenters. The molecule has 1 saturated heterocycles. The van der Waals surface area contributed by atoms with Gasteiger partial charge in [-0.3, -0.25) is 0 Å². The van der Waals surface area contributed by atoms with Gasteiger partial charge in [-0.25, -0.2) is 0 Å². The third-order valence-corrected chi connectivity index (χ3v) is 5.28. The summed E-state index contributed by atoms with van der Waals surface area (Å²) in [6, 6.07) is 10.1. The molecule has 21 heavy (non-hydrogen) atoms. The monoisotopic (exact) mass is 306 g/mol. The van der Waals surface area contributed by atoms with Gasteiger partial charge >= 0.3 is 0 Å². The molecule has 3 heteroatoms. The van der Waals surface area contributed by atoms with E-state index < -0.39 is 0 Å². The van der Waals surface area contributed by atoms with Crippen LogP contribution in [0.1, 0.15) is 34.6 Å². The minimum atomic E-state index is 0.289. The van der Waals surface area contributed by atoms with Gasteiger partial charge < -0.3 is 10.2 Å². The Morgan fingerprint density at radius 1 is 1.29 bits per heavy atom. The second-order valence-corrected chi connectivity index (χ2v) is 8.37. The van der Waals surface area contributed by atoms with Crippen LogP contribution in [-0.2, 0) is 0 Å². The molecule has 0 amide bonds. The van der Waals surface area contributed by atoms with E-state index >= 15 is 0 Å². The lowest BCUT2D eigenvalue weighted by Gasteiger charge is -2.47. The molecule has 1 heterocycles. The van der Waals surface area contributed by atoms with Crippen LogP contribution in [0, 0.1) is 11.3 Å².